The highest BCUT2D eigenvalue weighted by molar-refractivity contribution is 6.22. The molecule has 0 saturated carbocycles. The Kier molecular flexibility index (Phi) is 1.90. The zero-order chi connectivity index (χ0) is 11.1. The van der Waals surface area contributed by atoms with E-state index in [1.165, 1.54) is 16.7 Å². The predicted molar refractivity (Wildman–Crippen MR) is 67.1 cm³/mol. The van der Waals surface area contributed by atoms with E-state index < -0.39 is 0 Å². The number of allylic oxidation sites excluding steroid dienone is 2. The van der Waals surface area contributed by atoms with Crippen LogP contribution in [0.15, 0.2) is 51.7 Å². The van der Waals surface area contributed by atoms with Gasteiger partial charge in [0, 0.05) is 35.3 Å². The molecular weight excluding hydrogens is 196 g/mol. The lowest BCUT2D eigenvalue weighted by molar-refractivity contribution is 1.37. The number of fused-ring (bicyclic) bond motifs is 1. The van der Waals surface area contributed by atoms with Crippen molar-refractivity contribution in [3.05, 3.63) is 58.4 Å². The maximum atomic E-state index is 4.47. The molecule has 0 amide bonds. The molecule has 16 heavy (non-hydrogen) atoms. The molecular formula is C14H12N2. The van der Waals surface area contributed by atoms with E-state index in [0.29, 0.717) is 0 Å². The van der Waals surface area contributed by atoms with Gasteiger partial charge in [-0.3, -0.25) is 9.98 Å². The van der Waals surface area contributed by atoms with E-state index in [0.717, 1.165) is 16.9 Å². The maximum absolute atomic E-state index is 4.47. The van der Waals surface area contributed by atoms with Crippen molar-refractivity contribution in [2.45, 2.75) is 13.8 Å². The van der Waals surface area contributed by atoms with Crippen LogP contribution in [0.4, 0.5) is 0 Å². The smallest absolute Gasteiger partial charge is 0.0797 e. The maximum Gasteiger partial charge on any atom is 0.0797 e. The van der Waals surface area contributed by atoms with Gasteiger partial charge in [0.2, 0.25) is 0 Å². The van der Waals surface area contributed by atoms with E-state index in [4.69, 9.17) is 0 Å². The van der Waals surface area contributed by atoms with Gasteiger partial charge in [-0.05, 0) is 26.0 Å². The highest BCUT2D eigenvalue weighted by Gasteiger charge is 2.20. The molecule has 0 aliphatic carbocycles. The Morgan fingerprint density at radius 1 is 0.938 bits per heavy atom. The van der Waals surface area contributed by atoms with E-state index >= 15 is 0 Å². The predicted octanol–water partition coefficient (Wildman–Crippen LogP) is 2.96. The van der Waals surface area contributed by atoms with Gasteiger partial charge in [-0.15, -0.1) is 0 Å². The molecule has 0 aromatic heterocycles. The Labute approximate surface area is 94.8 Å². The second-order valence-corrected chi connectivity index (χ2v) is 4.26. The monoisotopic (exact) mass is 208 g/mol. The van der Waals surface area contributed by atoms with Crippen molar-refractivity contribution < 1.29 is 0 Å². The first-order valence-corrected chi connectivity index (χ1v) is 5.35. The molecule has 0 bridgehead atoms. The highest BCUT2D eigenvalue weighted by atomic mass is 14.8. The van der Waals surface area contributed by atoms with E-state index in [1.807, 2.05) is 18.6 Å². The van der Waals surface area contributed by atoms with Crippen molar-refractivity contribution in [3.63, 3.8) is 0 Å². The molecule has 2 heterocycles. The number of nitrogens with zero attached hydrogens (tertiary/aromatic N) is 2. The molecule has 2 nitrogen and oxygen atoms in total. The van der Waals surface area contributed by atoms with Gasteiger partial charge in [-0.25, -0.2) is 0 Å². The number of aryl methyl sites for hydroxylation is 2. The van der Waals surface area contributed by atoms with Gasteiger partial charge in [0.05, 0.1) is 5.71 Å². The second kappa shape index (κ2) is 3.27. The highest BCUT2D eigenvalue weighted by Crippen LogP contribution is 2.26. The molecule has 3 rings (SSSR count). The first kappa shape index (κ1) is 9.28. The standard InChI is InChI=1S/C14H12N2/c1-9-3-10(2)5-11(4-9)14-13-8-15-6-12(13)7-16-14/h3-8H,1-2H3. The van der Waals surface area contributed by atoms with Crippen LogP contribution >= 0.6 is 0 Å². The fraction of sp³-hybridized carbons (Fsp3) is 0.143. The SMILES string of the molecule is Cc1cc(C)cc(C2=NC=C3C=NC=C32)c1. The molecule has 0 fully saturated rings. The summed E-state index contributed by atoms with van der Waals surface area (Å²) in [6.07, 6.45) is 5.62. The summed E-state index contributed by atoms with van der Waals surface area (Å²) in [5.74, 6) is 0. The van der Waals surface area contributed by atoms with Crippen molar-refractivity contribution in [3.8, 4) is 0 Å². The molecule has 78 valence electrons. The summed E-state index contributed by atoms with van der Waals surface area (Å²) in [4.78, 5) is 8.62. The number of hydrogen-bond donors (Lipinski definition) is 0. The van der Waals surface area contributed by atoms with Gasteiger partial charge in [0.15, 0.2) is 0 Å². The fourth-order valence-electron chi connectivity index (χ4n) is 2.18. The molecule has 0 unspecified atom stereocenters. The van der Waals surface area contributed by atoms with Crippen molar-refractivity contribution in [2.24, 2.45) is 9.98 Å². The van der Waals surface area contributed by atoms with Crippen molar-refractivity contribution in [1.29, 1.82) is 0 Å². The summed E-state index contributed by atoms with van der Waals surface area (Å²) >= 11 is 0. The summed E-state index contributed by atoms with van der Waals surface area (Å²) in [5.41, 5.74) is 7.02. The summed E-state index contributed by atoms with van der Waals surface area (Å²) in [6, 6.07) is 6.51. The van der Waals surface area contributed by atoms with Gasteiger partial charge in [0.1, 0.15) is 0 Å². The van der Waals surface area contributed by atoms with Gasteiger partial charge in [-0.1, -0.05) is 17.2 Å². The van der Waals surface area contributed by atoms with Gasteiger partial charge >= 0.3 is 0 Å². The topological polar surface area (TPSA) is 24.7 Å². The van der Waals surface area contributed by atoms with Crippen LogP contribution in [0.3, 0.4) is 0 Å². The molecule has 1 aromatic carbocycles. The van der Waals surface area contributed by atoms with Crippen LogP contribution in [0.2, 0.25) is 0 Å². The molecule has 0 radical (unpaired) electrons. The lowest BCUT2D eigenvalue weighted by atomic mass is 9.98. The third kappa shape index (κ3) is 1.34. The van der Waals surface area contributed by atoms with Crippen LogP contribution in [0.5, 0.6) is 0 Å². The number of hydrogen-bond acceptors (Lipinski definition) is 2. The summed E-state index contributed by atoms with van der Waals surface area (Å²) in [7, 11) is 0. The largest absolute Gasteiger partial charge is 0.263 e. The summed E-state index contributed by atoms with van der Waals surface area (Å²) in [5, 5.41) is 0. The van der Waals surface area contributed by atoms with E-state index in [2.05, 4.69) is 42.0 Å². The first-order chi connectivity index (χ1) is 7.74. The Hall–Kier alpha value is -1.96. The van der Waals surface area contributed by atoms with Crippen molar-refractivity contribution in [2.75, 3.05) is 0 Å². The average Bonchev–Trinajstić information content (AvgIpc) is 2.75. The van der Waals surface area contributed by atoms with Crippen LogP contribution in [0.1, 0.15) is 16.7 Å². The van der Waals surface area contributed by atoms with Gasteiger partial charge in [0.25, 0.3) is 0 Å². The fourth-order valence-corrected chi connectivity index (χ4v) is 2.18. The minimum atomic E-state index is 1.04. The summed E-state index contributed by atoms with van der Waals surface area (Å²) < 4.78 is 0. The van der Waals surface area contributed by atoms with E-state index in [9.17, 15) is 0 Å². The van der Waals surface area contributed by atoms with Crippen LogP contribution in [-0.4, -0.2) is 11.9 Å². The lowest BCUT2D eigenvalue weighted by Crippen LogP contribution is -2.02. The number of aliphatic imine (C=N–C) groups is 2. The molecule has 0 spiro atoms. The Bertz CT molecular complexity index is 567. The van der Waals surface area contributed by atoms with Crippen LogP contribution < -0.4 is 0 Å². The van der Waals surface area contributed by atoms with E-state index in [1.54, 1.807) is 0 Å². The van der Waals surface area contributed by atoms with Gasteiger partial charge in [-0.2, -0.15) is 0 Å². The minimum absolute atomic E-state index is 1.04. The van der Waals surface area contributed by atoms with Crippen LogP contribution in [0.25, 0.3) is 0 Å². The molecule has 1 aromatic rings. The molecule has 0 N–H and O–H groups in total. The summed E-state index contributed by atoms with van der Waals surface area (Å²) in [6.45, 7) is 4.22. The molecule has 2 heteroatoms. The molecule has 0 atom stereocenters. The van der Waals surface area contributed by atoms with Crippen molar-refractivity contribution in [1.82, 2.24) is 0 Å². The normalized spacial score (nSPS) is 17.0. The minimum Gasteiger partial charge on any atom is -0.263 e. The van der Waals surface area contributed by atoms with Gasteiger partial charge < -0.3 is 0 Å². The van der Waals surface area contributed by atoms with Crippen LogP contribution in [0, 0.1) is 13.8 Å². The zero-order valence-corrected chi connectivity index (χ0v) is 9.36. The zero-order valence-electron chi connectivity index (χ0n) is 9.36. The average molecular weight is 208 g/mol. The molecule has 2 aliphatic heterocycles. The Balaban J connectivity index is 2.07. The molecule has 2 aliphatic rings. The van der Waals surface area contributed by atoms with Crippen molar-refractivity contribution >= 4 is 11.9 Å². The lowest BCUT2D eigenvalue weighted by Gasteiger charge is -2.06. The Morgan fingerprint density at radius 2 is 1.69 bits per heavy atom. The Morgan fingerprint density at radius 3 is 2.44 bits per heavy atom. The second-order valence-electron chi connectivity index (χ2n) is 4.26. The van der Waals surface area contributed by atoms with E-state index in [-0.39, 0.29) is 0 Å². The third-order valence-corrected chi connectivity index (χ3v) is 2.81. The quantitative estimate of drug-likeness (QED) is 0.678. The van der Waals surface area contributed by atoms with Crippen LogP contribution in [-0.2, 0) is 0 Å². The number of rotatable bonds is 1. The number of benzene rings is 1. The molecule has 0 saturated heterocycles. The third-order valence-electron chi connectivity index (χ3n) is 2.81. The first-order valence-electron chi connectivity index (χ1n) is 5.35.